The van der Waals surface area contributed by atoms with Gasteiger partial charge in [0.1, 0.15) is 6.54 Å². The summed E-state index contributed by atoms with van der Waals surface area (Å²) in [4.78, 5) is 22.1. The molecule has 1 amide bonds. The zero-order valence-electron chi connectivity index (χ0n) is 9.04. The maximum atomic E-state index is 11.4. The van der Waals surface area contributed by atoms with Gasteiger partial charge in [0.15, 0.2) is 0 Å². The minimum Gasteiger partial charge on any atom is -0.468 e. The van der Waals surface area contributed by atoms with Crippen molar-refractivity contribution in [1.82, 2.24) is 5.32 Å². The van der Waals surface area contributed by atoms with Crippen LogP contribution in [0.5, 0.6) is 0 Å². The van der Waals surface area contributed by atoms with E-state index in [9.17, 15) is 9.59 Å². The molecule has 15 heavy (non-hydrogen) atoms. The molecular weight excluding hydrogens is 194 g/mol. The molecule has 0 aromatic rings. The van der Waals surface area contributed by atoms with E-state index in [1.807, 2.05) is 0 Å². The summed E-state index contributed by atoms with van der Waals surface area (Å²) in [5, 5.41) is 2.53. The Morgan fingerprint density at radius 2 is 2.27 bits per heavy atom. The van der Waals surface area contributed by atoms with Gasteiger partial charge >= 0.3 is 5.97 Å². The van der Waals surface area contributed by atoms with Crippen molar-refractivity contribution >= 4 is 11.9 Å². The molecule has 1 aliphatic rings. The number of carbonyl (C=O) groups is 2. The van der Waals surface area contributed by atoms with Gasteiger partial charge in [0.25, 0.3) is 0 Å². The normalized spacial score (nSPS) is 15.4. The Morgan fingerprint density at radius 1 is 1.47 bits per heavy atom. The number of esters is 1. The van der Waals surface area contributed by atoms with Crippen molar-refractivity contribution in [2.45, 2.75) is 32.1 Å². The van der Waals surface area contributed by atoms with E-state index in [0.717, 1.165) is 19.3 Å². The summed E-state index contributed by atoms with van der Waals surface area (Å²) >= 11 is 0. The smallest absolute Gasteiger partial charge is 0.325 e. The van der Waals surface area contributed by atoms with Crippen molar-refractivity contribution < 1.29 is 14.3 Å². The number of amides is 1. The van der Waals surface area contributed by atoms with Crippen molar-refractivity contribution in [2.75, 3.05) is 13.7 Å². The average Bonchev–Trinajstić information content (AvgIpc) is 2.27. The van der Waals surface area contributed by atoms with Gasteiger partial charge < -0.3 is 10.1 Å². The number of hydrogen-bond donors (Lipinski definition) is 1. The van der Waals surface area contributed by atoms with E-state index in [-0.39, 0.29) is 12.5 Å². The molecule has 0 bridgehead atoms. The van der Waals surface area contributed by atoms with Gasteiger partial charge in [-0.15, -0.1) is 0 Å². The molecule has 1 rings (SSSR count). The van der Waals surface area contributed by atoms with Crippen LogP contribution in [0.25, 0.3) is 0 Å². The van der Waals surface area contributed by atoms with Crippen LogP contribution in [0.3, 0.4) is 0 Å². The first-order valence-corrected chi connectivity index (χ1v) is 5.24. The first-order chi connectivity index (χ1) is 7.22. The van der Waals surface area contributed by atoms with Crippen LogP contribution in [0.2, 0.25) is 0 Å². The number of nitrogens with one attached hydrogen (secondary N) is 1. The minimum atomic E-state index is -0.416. The van der Waals surface area contributed by atoms with E-state index in [0.29, 0.717) is 6.42 Å². The summed E-state index contributed by atoms with van der Waals surface area (Å²) in [6.45, 7) is -0.0391. The largest absolute Gasteiger partial charge is 0.468 e. The summed E-state index contributed by atoms with van der Waals surface area (Å²) < 4.78 is 4.42. The van der Waals surface area contributed by atoms with Gasteiger partial charge in [0, 0.05) is 6.42 Å². The van der Waals surface area contributed by atoms with E-state index >= 15 is 0 Å². The highest BCUT2D eigenvalue weighted by Crippen LogP contribution is 2.19. The molecule has 0 aliphatic heterocycles. The molecule has 0 aromatic carbocycles. The minimum absolute atomic E-state index is 0.0391. The summed E-state index contributed by atoms with van der Waals surface area (Å²) in [5.74, 6) is -0.519. The van der Waals surface area contributed by atoms with Crippen molar-refractivity contribution in [3.05, 3.63) is 11.6 Å². The molecule has 0 saturated heterocycles. The van der Waals surface area contributed by atoms with Crippen LogP contribution in [-0.4, -0.2) is 25.5 Å². The Kier molecular flexibility index (Phi) is 4.87. The zero-order valence-corrected chi connectivity index (χ0v) is 9.04. The second-order valence-electron chi connectivity index (χ2n) is 3.64. The van der Waals surface area contributed by atoms with E-state index in [1.54, 1.807) is 0 Å². The van der Waals surface area contributed by atoms with Gasteiger partial charge in [-0.3, -0.25) is 9.59 Å². The lowest BCUT2D eigenvalue weighted by Gasteiger charge is -2.12. The molecule has 0 atom stereocenters. The Labute approximate surface area is 89.7 Å². The van der Waals surface area contributed by atoms with Crippen molar-refractivity contribution in [3.63, 3.8) is 0 Å². The zero-order chi connectivity index (χ0) is 11.1. The van der Waals surface area contributed by atoms with Crippen LogP contribution in [0.1, 0.15) is 32.1 Å². The maximum Gasteiger partial charge on any atom is 0.325 e. The predicted molar refractivity (Wildman–Crippen MR) is 56.2 cm³/mol. The van der Waals surface area contributed by atoms with Gasteiger partial charge in [-0.05, 0) is 25.7 Å². The van der Waals surface area contributed by atoms with Crippen LogP contribution in [-0.2, 0) is 14.3 Å². The lowest BCUT2D eigenvalue weighted by atomic mass is 9.97. The fourth-order valence-corrected chi connectivity index (χ4v) is 1.58. The van der Waals surface area contributed by atoms with E-state index < -0.39 is 5.97 Å². The SMILES string of the molecule is COC(=O)CNC(=O)CC1=CCCCC1. The molecule has 4 nitrogen and oxygen atoms in total. The fourth-order valence-electron chi connectivity index (χ4n) is 1.58. The van der Waals surface area contributed by atoms with Gasteiger partial charge in [-0.2, -0.15) is 0 Å². The number of hydrogen-bond acceptors (Lipinski definition) is 3. The summed E-state index contributed by atoms with van der Waals surface area (Å²) in [6.07, 6.45) is 6.99. The summed E-state index contributed by atoms with van der Waals surface area (Å²) in [5.41, 5.74) is 1.18. The molecule has 0 heterocycles. The first kappa shape index (κ1) is 11.8. The summed E-state index contributed by atoms with van der Waals surface area (Å²) in [6, 6.07) is 0. The van der Waals surface area contributed by atoms with Crippen molar-refractivity contribution in [3.8, 4) is 0 Å². The highest BCUT2D eigenvalue weighted by molar-refractivity contribution is 5.83. The van der Waals surface area contributed by atoms with E-state index in [4.69, 9.17) is 0 Å². The third kappa shape index (κ3) is 4.63. The van der Waals surface area contributed by atoms with Crippen LogP contribution < -0.4 is 5.32 Å². The lowest BCUT2D eigenvalue weighted by molar-refractivity contribution is -0.141. The van der Waals surface area contributed by atoms with Crippen LogP contribution in [0.15, 0.2) is 11.6 Å². The van der Waals surface area contributed by atoms with Crippen molar-refractivity contribution in [2.24, 2.45) is 0 Å². The monoisotopic (exact) mass is 211 g/mol. The number of rotatable bonds is 4. The topological polar surface area (TPSA) is 55.4 Å². The van der Waals surface area contributed by atoms with Gasteiger partial charge in [0.2, 0.25) is 5.91 Å². The number of carbonyl (C=O) groups excluding carboxylic acids is 2. The molecule has 0 radical (unpaired) electrons. The molecule has 4 heteroatoms. The van der Waals surface area contributed by atoms with Crippen LogP contribution >= 0.6 is 0 Å². The van der Waals surface area contributed by atoms with Gasteiger partial charge in [-0.25, -0.2) is 0 Å². The maximum absolute atomic E-state index is 11.4. The summed E-state index contributed by atoms with van der Waals surface area (Å²) in [7, 11) is 1.30. The first-order valence-electron chi connectivity index (χ1n) is 5.24. The van der Waals surface area contributed by atoms with E-state index in [2.05, 4.69) is 16.1 Å². The predicted octanol–water partition coefficient (Wildman–Crippen LogP) is 1.17. The molecule has 0 fully saturated rings. The fraction of sp³-hybridized carbons (Fsp3) is 0.636. The highest BCUT2D eigenvalue weighted by Gasteiger charge is 2.09. The second kappa shape index (κ2) is 6.22. The van der Waals surface area contributed by atoms with Crippen LogP contribution in [0.4, 0.5) is 0 Å². The van der Waals surface area contributed by atoms with Gasteiger partial charge in [0.05, 0.1) is 7.11 Å². The van der Waals surface area contributed by atoms with Crippen molar-refractivity contribution in [1.29, 1.82) is 0 Å². The number of allylic oxidation sites excluding steroid dienone is 1. The molecule has 0 saturated carbocycles. The van der Waals surface area contributed by atoms with Crippen LogP contribution in [0, 0.1) is 0 Å². The Bertz CT molecular complexity index is 271. The van der Waals surface area contributed by atoms with E-state index in [1.165, 1.54) is 19.1 Å². The number of ether oxygens (including phenoxy) is 1. The molecule has 0 spiro atoms. The average molecular weight is 211 g/mol. The molecule has 1 aliphatic carbocycles. The molecule has 0 aromatic heterocycles. The Balaban J connectivity index is 2.23. The Morgan fingerprint density at radius 3 is 2.87 bits per heavy atom. The molecule has 1 N–H and O–H groups in total. The standard InChI is InChI=1S/C11H17NO3/c1-15-11(14)8-12-10(13)7-9-5-3-2-4-6-9/h5H,2-4,6-8H2,1H3,(H,12,13). The molecule has 0 unspecified atom stereocenters. The quantitative estimate of drug-likeness (QED) is 0.561. The number of methoxy groups -OCH3 is 1. The highest BCUT2D eigenvalue weighted by atomic mass is 16.5. The molecule has 84 valence electrons. The lowest BCUT2D eigenvalue weighted by Crippen LogP contribution is -2.30. The van der Waals surface area contributed by atoms with Gasteiger partial charge in [-0.1, -0.05) is 11.6 Å². The second-order valence-corrected chi connectivity index (χ2v) is 3.64. The third-order valence-electron chi connectivity index (χ3n) is 2.43. The third-order valence-corrected chi connectivity index (χ3v) is 2.43. The Hall–Kier alpha value is -1.32. The molecular formula is C11H17NO3.